The minimum atomic E-state index is -1.03. The summed E-state index contributed by atoms with van der Waals surface area (Å²) >= 11 is 0. The summed E-state index contributed by atoms with van der Waals surface area (Å²) < 4.78 is 1.88. The number of nitrogens with two attached hydrogens (primary N) is 1. The standard InChI is InChI=1S/C24H23N3O4/c1-13(2)15-8-6-14(7-9-15)12-27-18-5-3-4-16(24(25)31)21(18)22-19(28)11-26-17(23(22)27)10-20(29)30/h3-9,13H,10-12H2,1-2H3,(H2,25,31)(H,29,30). The van der Waals surface area contributed by atoms with Crippen molar-refractivity contribution in [2.75, 3.05) is 6.54 Å². The van der Waals surface area contributed by atoms with Crippen LogP contribution >= 0.6 is 0 Å². The van der Waals surface area contributed by atoms with Gasteiger partial charge in [-0.25, -0.2) is 0 Å². The number of benzene rings is 2. The van der Waals surface area contributed by atoms with Crippen LogP contribution in [0.3, 0.4) is 0 Å². The molecule has 0 bridgehead atoms. The Kier molecular flexibility index (Phi) is 5.19. The van der Waals surface area contributed by atoms with E-state index < -0.39 is 11.9 Å². The van der Waals surface area contributed by atoms with Crippen molar-refractivity contribution in [3.05, 3.63) is 70.4 Å². The Morgan fingerprint density at radius 1 is 1.16 bits per heavy atom. The summed E-state index contributed by atoms with van der Waals surface area (Å²) in [5.41, 5.74) is 9.80. The Labute approximate surface area is 179 Å². The van der Waals surface area contributed by atoms with Crippen LogP contribution in [0.2, 0.25) is 0 Å². The number of hydrogen-bond acceptors (Lipinski definition) is 4. The number of carbonyl (C=O) groups is 3. The molecule has 7 nitrogen and oxygen atoms in total. The van der Waals surface area contributed by atoms with Gasteiger partial charge in [-0.05, 0) is 29.2 Å². The predicted octanol–water partition coefficient (Wildman–Crippen LogP) is 3.37. The maximum Gasteiger partial charge on any atom is 0.309 e. The number of rotatable bonds is 6. The minimum absolute atomic E-state index is 0.148. The van der Waals surface area contributed by atoms with E-state index in [0.717, 1.165) is 5.56 Å². The Balaban J connectivity index is 1.97. The first kappa shape index (κ1) is 20.5. The number of aliphatic carboxylic acids is 1. The molecule has 4 rings (SSSR count). The first-order valence-electron chi connectivity index (χ1n) is 10.1. The lowest BCUT2D eigenvalue weighted by Crippen LogP contribution is -2.24. The van der Waals surface area contributed by atoms with E-state index in [9.17, 15) is 19.5 Å². The molecule has 0 saturated heterocycles. The number of carbonyl (C=O) groups excluding carboxylic acids is 2. The van der Waals surface area contributed by atoms with E-state index in [0.29, 0.717) is 40.3 Å². The molecule has 0 radical (unpaired) electrons. The lowest BCUT2D eigenvalue weighted by atomic mass is 9.96. The fraction of sp³-hybridized carbons (Fsp3) is 0.250. The van der Waals surface area contributed by atoms with Crippen LogP contribution in [-0.2, 0) is 11.3 Å². The van der Waals surface area contributed by atoms with E-state index in [4.69, 9.17) is 5.73 Å². The van der Waals surface area contributed by atoms with Crippen molar-refractivity contribution >= 4 is 34.3 Å². The Bertz CT molecular complexity index is 1250. The number of hydrogen-bond donors (Lipinski definition) is 2. The van der Waals surface area contributed by atoms with Crippen LogP contribution in [0.5, 0.6) is 0 Å². The lowest BCUT2D eigenvalue weighted by molar-refractivity contribution is -0.135. The zero-order valence-electron chi connectivity index (χ0n) is 17.4. The van der Waals surface area contributed by atoms with Crippen molar-refractivity contribution < 1.29 is 19.5 Å². The van der Waals surface area contributed by atoms with E-state index in [-0.39, 0.29) is 24.3 Å². The Morgan fingerprint density at radius 2 is 1.87 bits per heavy atom. The number of carboxylic acids is 1. The summed E-state index contributed by atoms with van der Waals surface area (Å²) in [6.07, 6.45) is -0.311. The molecule has 0 spiro atoms. The Morgan fingerprint density at radius 3 is 2.48 bits per heavy atom. The highest BCUT2D eigenvalue weighted by atomic mass is 16.4. The smallest absolute Gasteiger partial charge is 0.309 e. The number of fused-ring (bicyclic) bond motifs is 3. The number of Topliss-reactive ketones (excluding diaryl/α,β-unsaturated/α-hetero) is 1. The van der Waals surface area contributed by atoms with Gasteiger partial charge in [-0.2, -0.15) is 0 Å². The van der Waals surface area contributed by atoms with Crippen LogP contribution in [0.1, 0.15) is 63.7 Å². The monoisotopic (exact) mass is 417 g/mol. The van der Waals surface area contributed by atoms with Crippen LogP contribution in [0.4, 0.5) is 0 Å². The van der Waals surface area contributed by atoms with E-state index in [1.54, 1.807) is 12.1 Å². The molecule has 3 aromatic rings. The van der Waals surface area contributed by atoms with Gasteiger partial charge in [-0.1, -0.05) is 44.2 Å². The normalized spacial score (nSPS) is 13.4. The molecule has 1 aliphatic heterocycles. The van der Waals surface area contributed by atoms with E-state index in [1.165, 1.54) is 5.56 Å². The molecule has 2 heterocycles. The summed E-state index contributed by atoms with van der Waals surface area (Å²) in [6, 6.07) is 13.3. The van der Waals surface area contributed by atoms with Gasteiger partial charge in [-0.15, -0.1) is 0 Å². The summed E-state index contributed by atoms with van der Waals surface area (Å²) in [5, 5.41) is 9.85. The third-order valence-electron chi connectivity index (χ3n) is 5.63. The fourth-order valence-corrected chi connectivity index (χ4v) is 4.14. The van der Waals surface area contributed by atoms with E-state index in [2.05, 4.69) is 31.0 Å². The summed E-state index contributed by atoms with van der Waals surface area (Å²) in [5.74, 6) is -1.52. The quantitative estimate of drug-likeness (QED) is 0.640. The van der Waals surface area contributed by atoms with Gasteiger partial charge in [0.25, 0.3) is 0 Å². The molecule has 1 amide bonds. The number of nitrogens with zero attached hydrogens (tertiary/aromatic N) is 2. The van der Waals surface area contributed by atoms with Crippen LogP contribution in [0, 0.1) is 0 Å². The lowest BCUT2D eigenvalue weighted by Gasteiger charge is -2.17. The summed E-state index contributed by atoms with van der Waals surface area (Å²) in [7, 11) is 0. The molecule has 0 unspecified atom stereocenters. The van der Waals surface area contributed by atoms with Crippen molar-refractivity contribution in [1.29, 1.82) is 0 Å². The molecule has 0 fully saturated rings. The van der Waals surface area contributed by atoms with Gasteiger partial charge in [-0.3, -0.25) is 19.4 Å². The van der Waals surface area contributed by atoms with Crippen molar-refractivity contribution in [2.45, 2.75) is 32.7 Å². The highest BCUT2D eigenvalue weighted by molar-refractivity contribution is 6.26. The molecule has 7 heteroatoms. The number of aliphatic imine (C=N–C) groups is 1. The molecule has 1 aromatic heterocycles. The van der Waals surface area contributed by atoms with Gasteiger partial charge in [0.15, 0.2) is 5.78 Å². The van der Waals surface area contributed by atoms with Gasteiger partial charge in [0, 0.05) is 17.5 Å². The van der Waals surface area contributed by atoms with E-state index >= 15 is 0 Å². The molecule has 3 N–H and O–H groups in total. The summed E-state index contributed by atoms with van der Waals surface area (Å²) in [6.45, 7) is 4.50. The summed E-state index contributed by atoms with van der Waals surface area (Å²) in [4.78, 5) is 40.7. The van der Waals surface area contributed by atoms with Crippen LogP contribution in [-0.4, -0.2) is 39.6 Å². The van der Waals surface area contributed by atoms with Gasteiger partial charge >= 0.3 is 5.97 Å². The van der Waals surface area contributed by atoms with Crippen molar-refractivity contribution in [2.24, 2.45) is 10.7 Å². The second kappa shape index (κ2) is 7.83. The number of carboxylic acid groups (broad SMARTS) is 1. The number of ketones is 1. The highest BCUT2D eigenvalue weighted by Crippen LogP contribution is 2.33. The predicted molar refractivity (Wildman–Crippen MR) is 118 cm³/mol. The first-order chi connectivity index (χ1) is 14.8. The number of primary amides is 1. The van der Waals surface area contributed by atoms with Gasteiger partial charge in [0.2, 0.25) is 5.91 Å². The van der Waals surface area contributed by atoms with Crippen LogP contribution in [0.15, 0.2) is 47.5 Å². The van der Waals surface area contributed by atoms with Crippen LogP contribution in [0.25, 0.3) is 10.9 Å². The van der Waals surface area contributed by atoms with Gasteiger partial charge in [0.05, 0.1) is 28.9 Å². The average Bonchev–Trinajstić information content (AvgIpc) is 3.05. The molecule has 0 atom stereocenters. The molecule has 2 aromatic carbocycles. The third-order valence-corrected chi connectivity index (χ3v) is 5.63. The molecule has 1 aliphatic rings. The topological polar surface area (TPSA) is 115 Å². The van der Waals surface area contributed by atoms with Gasteiger partial charge in [0.1, 0.15) is 6.54 Å². The highest BCUT2D eigenvalue weighted by Gasteiger charge is 2.31. The van der Waals surface area contributed by atoms with E-state index in [1.807, 2.05) is 22.8 Å². The van der Waals surface area contributed by atoms with Crippen LogP contribution < -0.4 is 5.73 Å². The third kappa shape index (κ3) is 3.63. The minimum Gasteiger partial charge on any atom is -0.481 e. The zero-order valence-corrected chi connectivity index (χ0v) is 17.4. The molecular formula is C24H23N3O4. The Hall–Kier alpha value is -3.74. The second-order valence-electron chi connectivity index (χ2n) is 8.03. The maximum atomic E-state index is 12.9. The maximum absolute atomic E-state index is 12.9. The molecule has 0 saturated carbocycles. The van der Waals surface area contributed by atoms with Crippen molar-refractivity contribution in [3.63, 3.8) is 0 Å². The first-order valence-corrected chi connectivity index (χ1v) is 10.1. The molecular weight excluding hydrogens is 394 g/mol. The largest absolute Gasteiger partial charge is 0.481 e. The SMILES string of the molecule is CC(C)c1ccc(Cn2c3c(c4c(C(N)=O)cccc42)C(=O)CN=C3CC(=O)O)cc1. The molecule has 158 valence electrons. The molecule has 31 heavy (non-hydrogen) atoms. The number of aromatic nitrogens is 1. The fourth-order valence-electron chi connectivity index (χ4n) is 4.14. The van der Waals surface area contributed by atoms with Crippen molar-refractivity contribution in [1.82, 2.24) is 4.57 Å². The number of amides is 1. The second-order valence-corrected chi connectivity index (χ2v) is 8.03. The average molecular weight is 417 g/mol. The van der Waals surface area contributed by atoms with Gasteiger partial charge < -0.3 is 15.4 Å². The van der Waals surface area contributed by atoms with Crippen molar-refractivity contribution in [3.8, 4) is 0 Å². The molecule has 0 aliphatic carbocycles. The zero-order chi connectivity index (χ0) is 22.3.